The number of hydrogen-bond acceptors (Lipinski definition) is 2. The molecule has 0 aliphatic rings. The van der Waals surface area contributed by atoms with Gasteiger partial charge in [-0.05, 0) is 24.6 Å². The van der Waals surface area contributed by atoms with Crippen molar-refractivity contribution < 1.29 is 23.0 Å². The fraction of sp³-hybridized carbons (Fsp3) is 0.400. The number of aliphatic hydroxyl groups is 1. The molecule has 0 fully saturated rings. The summed E-state index contributed by atoms with van der Waals surface area (Å²) in [6, 6.07) is 1.85. The molecule has 1 aromatic rings. The van der Waals surface area contributed by atoms with Gasteiger partial charge in [0.2, 0.25) is 0 Å². The number of benzene rings is 1. The van der Waals surface area contributed by atoms with Crippen LogP contribution in [0.4, 0.5) is 13.2 Å². The van der Waals surface area contributed by atoms with Crippen molar-refractivity contribution in [2.45, 2.75) is 19.2 Å². The first-order valence-corrected chi connectivity index (χ1v) is 4.78. The Labute approximate surface area is 95.6 Å². The lowest BCUT2D eigenvalue weighted by molar-refractivity contribution is -0.139. The third-order valence-electron chi connectivity index (χ3n) is 2.08. The van der Waals surface area contributed by atoms with E-state index in [4.69, 9.17) is 16.3 Å². The van der Waals surface area contributed by atoms with E-state index in [1.54, 1.807) is 0 Å². The topological polar surface area (TPSA) is 29.5 Å². The van der Waals surface area contributed by atoms with Crippen LogP contribution in [0.1, 0.15) is 24.2 Å². The summed E-state index contributed by atoms with van der Waals surface area (Å²) < 4.78 is 42.6. The number of rotatable bonds is 2. The number of hydrogen-bond donors (Lipinski definition) is 1. The largest absolute Gasteiger partial charge is 0.495 e. The zero-order valence-electron chi connectivity index (χ0n) is 8.60. The summed E-state index contributed by atoms with van der Waals surface area (Å²) in [5.74, 6) is -0.0709. The second-order valence-electron chi connectivity index (χ2n) is 3.25. The second-order valence-corrected chi connectivity index (χ2v) is 3.65. The van der Waals surface area contributed by atoms with Crippen LogP contribution in [0.3, 0.4) is 0 Å². The lowest BCUT2D eigenvalue weighted by atomic mass is 10.0. The summed E-state index contributed by atoms with van der Waals surface area (Å²) in [6.45, 7) is 1.24. The molecule has 1 rings (SSSR count). The Morgan fingerprint density at radius 2 is 1.94 bits per heavy atom. The number of alkyl halides is 3. The van der Waals surface area contributed by atoms with Gasteiger partial charge in [-0.15, -0.1) is 0 Å². The van der Waals surface area contributed by atoms with E-state index in [2.05, 4.69) is 0 Å². The van der Waals surface area contributed by atoms with Crippen LogP contribution in [0.2, 0.25) is 5.02 Å². The molecular formula is C10H10ClF3O2. The lowest BCUT2D eigenvalue weighted by Crippen LogP contribution is -2.11. The molecule has 0 bridgehead atoms. The van der Waals surface area contributed by atoms with Crippen LogP contribution in [0.25, 0.3) is 0 Å². The molecule has 0 spiro atoms. The number of methoxy groups -OCH3 is 1. The van der Waals surface area contributed by atoms with Crippen molar-refractivity contribution >= 4 is 11.6 Å². The average molecular weight is 255 g/mol. The molecule has 0 heterocycles. The Kier molecular flexibility index (Phi) is 3.70. The van der Waals surface area contributed by atoms with Gasteiger partial charge in [0.05, 0.1) is 23.8 Å². The number of aliphatic hydroxyl groups excluding tert-OH is 1. The average Bonchev–Trinajstić information content (AvgIpc) is 2.15. The van der Waals surface area contributed by atoms with Crippen LogP contribution < -0.4 is 4.74 Å². The summed E-state index contributed by atoms with van der Waals surface area (Å²) in [4.78, 5) is 0. The summed E-state index contributed by atoms with van der Waals surface area (Å²) in [5, 5.41) is 9.29. The van der Waals surface area contributed by atoms with E-state index < -0.39 is 17.8 Å². The van der Waals surface area contributed by atoms with Crippen molar-refractivity contribution in [1.29, 1.82) is 0 Å². The van der Waals surface area contributed by atoms with Gasteiger partial charge in [0.1, 0.15) is 5.75 Å². The molecule has 1 aromatic carbocycles. The molecule has 0 amide bonds. The highest BCUT2D eigenvalue weighted by atomic mass is 35.5. The Morgan fingerprint density at radius 1 is 1.38 bits per heavy atom. The molecule has 0 aromatic heterocycles. The van der Waals surface area contributed by atoms with E-state index in [1.165, 1.54) is 14.0 Å². The molecule has 1 atom stereocenters. The van der Waals surface area contributed by atoms with E-state index >= 15 is 0 Å². The normalized spacial score (nSPS) is 13.7. The van der Waals surface area contributed by atoms with Crippen LogP contribution in [-0.2, 0) is 6.18 Å². The predicted octanol–water partition coefficient (Wildman–Crippen LogP) is 3.42. The van der Waals surface area contributed by atoms with Gasteiger partial charge in [-0.3, -0.25) is 0 Å². The van der Waals surface area contributed by atoms with Crippen LogP contribution in [0.5, 0.6) is 5.75 Å². The van der Waals surface area contributed by atoms with Crippen LogP contribution in [-0.4, -0.2) is 12.2 Å². The molecule has 16 heavy (non-hydrogen) atoms. The van der Waals surface area contributed by atoms with Crippen LogP contribution in [0, 0.1) is 0 Å². The van der Waals surface area contributed by atoms with Crippen molar-refractivity contribution in [3.05, 3.63) is 28.3 Å². The van der Waals surface area contributed by atoms with Gasteiger partial charge >= 0.3 is 6.18 Å². The summed E-state index contributed by atoms with van der Waals surface area (Å²) in [5.41, 5.74) is -1.21. The minimum absolute atomic E-state index is 0.0337. The second kappa shape index (κ2) is 4.51. The zero-order chi connectivity index (χ0) is 12.5. The minimum atomic E-state index is -4.55. The summed E-state index contributed by atoms with van der Waals surface area (Å²) in [6.07, 6.45) is -5.80. The molecule has 0 radical (unpaired) electrons. The molecule has 0 aliphatic carbocycles. The quantitative estimate of drug-likeness (QED) is 0.876. The van der Waals surface area contributed by atoms with Gasteiger partial charge in [-0.25, -0.2) is 0 Å². The Morgan fingerprint density at radius 3 is 2.31 bits per heavy atom. The summed E-state index contributed by atoms with van der Waals surface area (Å²) >= 11 is 5.69. The first-order valence-electron chi connectivity index (χ1n) is 4.40. The number of ether oxygens (including phenoxy) is 1. The van der Waals surface area contributed by atoms with E-state index in [-0.39, 0.29) is 16.3 Å². The third-order valence-corrected chi connectivity index (χ3v) is 2.37. The SMILES string of the molecule is COc1cc(C(F)(F)F)c(C(C)O)cc1Cl. The lowest BCUT2D eigenvalue weighted by Gasteiger charge is -2.17. The standard InChI is InChI=1S/C10H10ClF3O2/c1-5(15)6-3-8(11)9(16-2)4-7(6)10(12,13)14/h3-5,15H,1-2H3. The Hall–Kier alpha value is -0.940. The maximum Gasteiger partial charge on any atom is 0.416 e. The maximum absolute atomic E-state index is 12.6. The summed E-state index contributed by atoms with van der Waals surface area (Å²) in [7, 11) is 1.23. The molecule has 90 valence electrons. The van der Waals surface area contributed by atoms with Crippen LogP contribution in [0.15, 0.2) is 12.1 Å². The van der Waals surface area contributed by atoms with Crippen molar-refractivity contribution in [3.63, 3.8) is 0 Å². The van der Waals surface area contributed by atoms with Crippen molar-refractivity contribution in [2.24, 2.45) is 0 Å². The molecule has 1 N–H and O–H groups in total. The maximum atomic E-state index is 12.6. The molecule has 0 aliphatic heterocycles. The van der Waals surface area contributed by atoms with Crippen molar-refractivity contribution in [3.8, 4) is 5.75 Å². The first-order chi connectivity index (χ1) is 7.27. The minimum Gasteiger partial charge on any atom is -0.495 e. The van der Waals surface area contributed by atoms with Gasteiger partial charge in [-0.1, -0.05) is 11.6 Å². The number of halogens is 4. The van der Waals surface area contributed by atoms with Gasteiger partial charge < -0.3 is 9.84 Å². The first kappa shape index (κ1) is 13.1. The molecular weight excluding hydrogens is 245 g/mol. The smallest absolute Gasteiger partial charge is 0.416 e. The van der Waals surface area contributed by atoms with E-state index in [9.17, 15) is 18.3 Å². The van der Waals surface area contributed by atoms with Gasteiger partial charge in [0.15, 0.2) is 0 Å². The monoisotopic (exact) mass is 254 g/mol. The highest BCUT2D eigenvalue weighted by Crippen LogP contribution is 2.39. The van der Waals surface area contributed by atoms with Crippen LogP contribution >= 0.6 is 11.6 Å². The Balaban J connectivity index is 3.43. The Bertz CT molecular complexity index is 388. The molecule has 1 unspecified atom stereocenters. The van der Waals surface area contributed by atoms with Gasteiger partial charge in [-0.2, -0.15) is 13.2 Å². The third kappa shape index (κ3) is 2.59. The van der Waals surface area contributed by atoms with Crippen molar-refractivity contribution in [2.75, 3.05) is 7.11 Å². The fourth-order valence-electron chi connectivity index (χ4n) is 1.32. The van der Waals surface area contributed by atoms with Gasteiger partial charge in [0, 0.05) is 0 Å². The fourth-order valence-corrected chi connectivity index (χ4v) is 1.57. The van der Waals surface area contributed by atoms with E-state index in [0.717, 1.165) is 12.1 Å². The molecule has 0 saturated heterocycles. The molecule has 6 heteroatoms. The van der Waals surface area contributed by atoms with Gasteiger partial charge in [0.25, 0.3) is 0 Å². The molecule has 0 saturated carbocycles. The molecule has 2 nitrogen and oxygen atoms in total. The predicted molar refractivity (Wildman–Crippen MR) is 53.6 cm³/mol. The highest BCUT2D eigenvalue weighted by Gasteiger charge is 2.35. The highest BCUT2D eigenvalue weighted by molar-refractivity contribution is 6.32. The van der Waals surface area contributed by atoms with Crippen molar-refractivity contribution in [1.82, 2.24) is 0 Å². The van der Waals surface area contributed by atoms with E-state index in [0.29, 0.717) is 0 Å². The zero-order valence-corrected chi connectivity index (χ0v) is 9.36. The van der Waals surface area contributed by atoms with E-state index in [1.807, 2.05) is 0 Å².